The minimum absolute atomic E-state index is 0.0886. The van der Waals surface area contributed by atoms with Crippen LogP contribution in [0.4, 0.5) is 0 Å². The zero-order valence-corrected chi connectivity index (χ0v) is 26.7. The van der Waals surface area contributed by atoms with E-state index >= 15 is 0 Å². The van der Waals surface area contributed by atoms with Gasteiger partial charge in [0.25, 0.3) is 5.91 Å². The van der Waals surface area contributed by atoms with Crippen molar-refractivity contribution in [1.29, 1.82) is 0 Å². The number of carbonyl (C=O) groups excluding carboxylic acids is 4. The van der Waals surface area contributed by atoms with E-state index < -0.39 is 41.5 Å². The van der Waals surface area contributed by atoms with Gasteiger partial charge in [-0.25, -0.2) is 10.4 Å². The number of hydrazine groups is 1. The largest absolute Gasteiger partial charge is 0.455 e. The van der Waals surface area contributed by atoms with Crippen LogP contribution in [0.25, 0.3) is 10.9 Å². The smallest absolute Gasteiger partial charge is 0.325 e. The highest BCUT2D eigenvalue weighted by molar-refractivity contribution is 5.93. The van der Waals surface area contributed by atoms with Gasteiger partial charge >= 0.3 is 5.97 Å². The van der Waals surface area contributed by atoms with Crippen molar-refractivity contribution < 1.29 is 23.9 Å². The number of nitrogens with one attached hydrogen (secondary N) is 3. The molecule has 10 heteroatoms. The number of aryl methyl sites for hydroxylation is 1. The zero-order valence-electron chi connectivity index (χ0n) is 26.7. The number of rotatable bonds is 1. The molecule has 3 heterocycles. The summed E-state index contributed by atoms with van der Waals surface area (Å²) in [7, 11) is 0. The van der Waals surface area contributed by atoms with Crippen molar-refractivity contribution in [1.82, 2.24) is 26.1 Å². The Bertz CT molecular complexity index is 1400. The van der Waals surface area contributed by atoms with Crippen molar-refractivity contribution >= 4 is 34.6 Å². The molecule has 1 spiro atoms. The summed E-state index contributed by atoms with van der Waals surface area (Å²) in [5.41, 5.74) is 4.97. The van der Waals surface area contributed by atoms with Gasteiger partial charge in [-0.15, -0.1) is 0 Å². The monoisotopic (exact) mass is 605 g/mol. The first-order valence-corrected chi connectivity index (χ1v) is 16.2. The van der Waals surface area contributed by atoms with Gasteiger partial charge in [-0.3, -0.25) is 24.2 Å². The van der Waals surface area contributed by atoms with Crippen molar-refractivity contribution in [2.24, 2.45) is 17.3 Å². The second kappa shape index (κ2) is 13.2. The summed E-state index contributed by atoms with van der Waals surface area (Å²) >= 11 is 0. The Morgan fingerprint density at radius 1 is 0.955 bits per heavy atom. The highest BCUT2D eigenvalue weighted by Gasteiger charge is 2.43. The van der Waals surface area contributed by atoms with Crippen molar-refractivity contribution in [2.45, 2.75) is 110 Å². The van der Waals surface area contributed by atoms with E-state index in [1.165, 1.54) is 5.01 Å². The first kappa shape index (κ1) is 31.9. The maximum absolute atomic E-state index is 14.1. The third-order valence-corrected chi connectivity index (χ3v) is 9.79. The quantitative estimate of drug-likeness (QED) is 0.417. The summed E-state index contributed by atoms with van der Waals surface area (Å²) in [5, 5.41) is 8.32. The number of ether oxygens (including phenoxy) is 1. The number of hydrogen-bond acceptors (Lipinski definition) is 7. The lowest BCUT2D eigenvalue weighted by Gasteiger charge is -2.40. The number of benzene rings is 1. The Kier molecular flexibility index (Phi) is 9.58. The molecule has 2 aromatic rings. The van der Waals surface area contributed by atoms with E-state index in [-0.39, 0.29) is 17.7 Å². The third-order valence-electron chi connectivity index (χ3n) is 9.79. The molecule has 238 valence electrons. The highest BCUT2D eigenvalue weighted by atomic mass is 16.5. The SMILES string of the molecule is CC(C)[C@@H]1NC(=O)[C@]2(CCc3ccc4ccc(nc4c3)[C@@H](C)OC(=O)[C@@H]3CCCN(N3)C(=O)[C@H](C)NC1=O)CC[C@H](C)CC2. The topological polar surface area (TPSA) is 130 Å². The van der Waals surface area contributed by atoms with E-state index in [4.69, 9.17) is 9.72 Å². The molecule has 5 rings (SSSR count). The van der Waals surface area contributed by atoms with Gasteiger partial charge in [0.1, 0.15) is 24.2 Å². The zero-order chi connectivity index (χ0) is 31.6. The van der Waals surface area contributed by atoms with Crippen LogP contribution < -0.4 is 16.1 Å². The van der Waals surface area contributed by atoms with Crippen LogP contribution in [0.5, 0.6) is 0 Å². The van der Waals surface area contributed by atoms with Crippen LogP contribution >= 0.6 is 0 Å². The summed E-state index contributed by atoms with van der Waals surface area (Å²) in [4.78, 5) is 59.0. The minimum Gasteiger partial charge on any atom is -0.455 e. The Hall–Kier alpha value is -3.53. The number of aromatic nitrogens is 1. The molecule has 1 saturated carbocycles. The number of carbonyl (C=O) groups is 4. The Balaban J connectivity index is 1.49. The molecule has 1 saturated heterocycles. The second-order valence-electron chi connectivity index (χ2n) is 13.5. The summed E-state index contributed by atoms with van der Waals surface area (Å²) in [5.74, 6) is -0.920. The average molecular weight is 606 g/mol. The van der Waals surface area contributed by atoms with Crippen LogP contribution in [0.2, 0.25) is 0 Å². The van der Waals surface area contributed by atoms with Gasteiger partial charge in [0.15, 0.2) is 0 Å². The Morgan fingerprint density at radius 2 is 1.68 bits per heavy atom. The van der Waals surface area contributed by atoms with E-state index in [0.29, 0.717) is 43.8 Å². The van der Waals surface area contributed by atoms with Gasteiger partial charge in [-0.05, 0) is 94.7 Å². The van der Waals surface area contributed by atoms with Gasteiger partial charge in [-0.2, -0.15) is 0 Å². The van der Waals surface area contributed by atoms with E-state index in [9.17, 15) is 19.2 Å². The molecule has 3 amide bonds. The lowest BCUT2D eigenvalue weighted by molar-refractivity contribution is -0.157. The average Bonchev–Trinajstić information content (AvgIpc) is 3.01. The molecule has 10 nitrogen and oxygen atoms in total. The van der Waals surface area contributed by atoms with Crippen molar-refractivity contribution in [3.05, 3.63) is 41.6 Å². The lowest BCUT2D eigenvalue weighted by Crippen LogP contribution is -2.61. The summed E-state index contributed by atoms with van der Waals surface area (Å²) < 4.78 is 5.82. The van der Waals surface area contributed by atoms with Gasteiger partial charge in [0, 0.05) is 17.3 Å². The molecular weight excluding hydrogens is 558 g/mol. The maximum atomic E-state index is 14.1. The van der Waals surface area contributed by atoms with Crippen LogP contribution in [0.3, 0.4) is 0 Å². The normalized spacial score (nSPS) is 31.1. The predicted octanol–water partition coefficient (Wildman–Crippen LogP) is 4.12. The van der Waals surface area contributed by atoms with Crippen LogP contribution in [0.1, 0.15) is 96.9 Å². The standard InChI is InChI=1S/C34H47N5O5/c1-20(2)29-30(40)35-22(4)31(41)39-18-6-7-27(38-39)32(42)44-23(5)26-11-10-25-9-8-24(19-28(25)36-26)14-17-34(33(43)37-29)15-12-21(3)13-16-34/h8-11,19-23,27,29,38H,6-7,12-18H2,1-5H3,(H,35,40)(H,37,43)/t21-,22-,23+,27-,29-,34+/m0/s1. The molecule has 3 aliphatic rings. The second-order valence-corrected chi connectivity index (χ2v) is 13.5. The minimum atomic E-state index is -0.859. The first-order chi connectivity index (χ1) is 21.0. The van der Waals surface area contributed by atoms with Crippen molar-refractivity contribution in [3.63, 3.8) is 0 Å². The molecule has 5 bridgehead atoms. The van der Waals surface area contributed by atoms with Crippen molar-refractivity contribution in [3.8, 4) is 0 Å². The molecule has 1 aliphatic carbocycles. The summed E-state index contributed by atoms with van der Waals surface area (Å²) in [6.07, 6.45) is 5.35. The molecule has 1 aromatic carbocycles. The number of pyridine rings is 1. The molecule has 4 atom stereocenters. The number of amides is 3. The number of nitrogens with zero attached hydrogens (tertiary/aromatic N) is 2. The van der Waals surface area contributed by atoms with E-state index in [2.05, 4.69) is 35.1 Å². The van der Waals surface area contributed by atoms with Gasteiger partial charge < -0.3 is 15.4 Å². The fourth-order valence-electron chi connectivity index (χ4n) is 6.71. The molecular formula is C34H47N5O5. The number of hydrogen-bond donors (Lipinski definition) is 3. The molecule has 0 unspecified atom stereocenters. The maximum Gasteiger partial charge on any atom is 0.325 e. The fourth-order valence-corrected chi connectivity index (χ4v) is 6.71. The summed E-state index contributed by atoms with van der Waals surface area (Å²) in [6.45, 7) is 9.85. The lowest BCUT2D eigenvalue weighted by atomic mass is 9.67. The molecule has 2 fully saturated rings. The van der Waals surface area contributed by atoms with E-state index in [0.717, 1.165) is 42.1 Å². The third kappa shape index (κ3) is 6.90. The Morgan fingerprint density at radius 3 is 2.41 bits per heavy atom. The van der Waals surface area contributed by atoms with Gasteiger partial charge in [0.05, 0.1) is 11.2 Å². The first-order valence-electron chi connectivity index (χ1n) is 16.2. The van der Waals surface area contributed by atoms with Crippen LogP contribution in [0.15, 0.2) is 30.3 Å². The molecule has 1 aromatic heterocycles. The fraction of sp³-hybridized carbons (Fsp3) is 0.618. The Labute approximate surface area is 260 Å². The van der Waals surface area contributed by atoms with Crippen LogP contribution in [0, 0.1) is 17.3 Å². The molecule has 44 heavy (non-hydrogen) atoms. The number of esters is 1. The van der Waals surface area contributed by atoms with E-state index in [1.807, 2.05) is 32.0 Å². The highest BCUT2D eigenvalue weighted by Crippen LogP contribution is 2.43. The molecule has 2 aliphatic heterocycles. The van der Waals surface area contributed by atoms with Gasteiger partial charge in [-0.1, -0.05) is 39.0 Å². The van der Waals surface area contributed by atoms with Crippen LogP contribution in [-0.2, 0) is 30.3 Å². The van der Waals surface area contributed by atoms with Crippen molar-refractivity contribution in [2.75, 3.05) is 6.54 Å². The summed E-state index contributed by atoms with van der Waals surface area (Å²) in [6, 6.07) is 7.70. The number of cyclic esters (lactones) is 1. The molecule has 0 radical (unpaired) electrons. The predicted molar refractivity (Wildman–Crippen MR) is 167 cm³/mol. The number of fused-ring (bicyclic) bond motifs is 4. The molecule has 3 N–H and O–H groups in total. The van der Waals surface area contributed by atoms with Crippen LogP contribution in [-0.4, -0.2) is 58.4 Å². The van der Waals surface area contributed by atoms with E-state index in [1.54, 1.807) is 13.8 Å². The van der Waals surface area contributed by atoms with Gasteiger partial charge in [0.2, 0.25) is 11.8 Å².